The normalized spacial score (nSPS) is 16.4. The van der Waals surface area contributed by atoms with Gasteiger partial charge in [0.1, 0.15) is 5.75 Å². The first kappa shape index (κ1) is 23.1. The molecule has 0 fully saturated rings. The summed E-state index contributed by atoms with van der Waals surface area (Å²) in [5, 5.41) is 5.38. The Balaban J connectivity index is 1.94. The zero-order valence-corrected chi connectivity index (χ0v) is 20.4. The Kier molecular flexibility index (Phi) is 6.61. The van der Waals surface area contributed by atoms with E-state index in [0.29, 0.717) is 15.9 Å². The van der Waals surface area contributed by atoms with Crippen LogP contribution in [0.25, 0.3) is 10.8 Å². The standard InChI is InChI=1S/C26H26BrNO5/c1-4-32-24(29)26(25(30)33-5-2)15-21(18-11-10-16-8-6-7-9-17(16)12-18)20-13-19(31-3)14-22(27)23(20)28-26/h6-14,21,28H,4-5,15H2,1-3H3. The Morgan fingerprint density at radius 2 is 1.67 bits per heavy atom. The molecule has 0 saturated heterocycles. The van der Waals surface area contributed by atoms with Crippen LogP contribution in [-0.2, 0) is 19.1 Å². The highest BCUT2D eigenvalue weighted by Gasteiger charge is 2.54. The summed E-state index contributed by atoms with van der Waals surface area (Å²) in [7, 11) is 1.61. The van der Waals surface area contributed by atoms with Crippen LogP contribution >= 0.6 is 15.9 Å². The summed E-state index contributed by atoms with van der Waals surface area (Å²) in [6.45, 7) is 3.74. The quantitative estimate of drug-likeness (QED) is 0.351. The van der Waals surface area contributed by atoms with Gasteiger partial charge in [-0.05, 0) is 63.8 Å². The van der Waals surface area contributed by atoms with E-state index >= 15 is 0 Å². The molecule has 4 rings (SSSR count). The molecule has 0 radical (unpaired) electrons. The van der Waals surface area contributed by atoms with Crippen molar-refractivity contribution in [3.63, 3.8) is 0 Å². The average molecular weight is 512 g/mol. The molecule has 7 heteroatoms. The van der Waals surface area contributed by atoms with Crippen molar-refractivity contribution in [2.45, 2.75) is 31.7 Å². The number of fused-ring (bicyclic) bond motifs is 2. The lowest BCUT2D eigenvalue weighted by atomic mass is 9.75. The molecule has 6 nitrogen and oxygen atoms in total. The van der Waals surface area contributed by atoms with Crippen LogP contribution < -0.4 is 10.1 Å². The van der Waals surface area contributed by atoms with Gasteiger partial charge in [0.15, 0.2) is 0 Å². The van der Waals surface area contributed by atoms with Gasteiger partial charge >= 0.3 is 11.9 Å². The predicted molar refractivity (Wildman–Crippen MR) is 131 cm³/mol. The Morgan fingerprint density at radius 1 is 1.00 bits per heavy atom. The number of carbonyl (C=O) groups excluding carboxylic acids is 2. The molecule has 33 heavy (non-hydrogen) atoms. The molecule has 1 aliphatic heterocycles. The lowest BCUT2D eigenvalue weighted by molar-refractivity contribution is -0.163. The Hall–Kier alpha value is -3.06. The minimum absolute atomic E-state index is 0.148. The SMILES string of the molecule is CCOC(=O)C1(C(=O)OCC)CC(c2ccc3ccccc3c2)c2cc(OC)cc(Br)c2N1. The number of hydrogen-bond acceptors (Lipinski definition) is 6. The minimum atomic E-state index is -1.67. The van der Waals surface area contributed by atoms with Crippen LogP contribution in [0, 0.1) is 0 Å². The Labute approximate surface area is 201 Å². The lowest BCUT2D eigenvalue weighted by Crippen LogP contribution is -2.58. The van der Waals surface area contributed by atoms with Crippen molar-refractivity contribution in [3.8, 4) is 5.75 Å². The summed E-state index contributed by atoms with van der Waals surface area (Å²) < 4.78 is 16.9. The number of methoxy groups -OCH3 is 1. The maximum absolute atomic E-state index is 13.2. The van der Waals surface area contributed by atoms with E-state index in [1.54, 1.807) is 27.0 Å². The smallest absolute Gasteiger partial charge is 0.343 e. The van der Waals surface area contributed by atoms with Gasteiger partial charge < -0.3 is 19.5 Å². The second kappa shape index (κ2) is 9.43. The summed E-state index contributed by atoms with van der Waals surface area (Å²) in [4.78, 5) is 26.5. The van der Waals surface area contributed by atoms with Crippen LogP contribution in [0.2, 0.25) is 0 Å². The molecule has 0 saturated carbocycles. The molecule has 3 aromatic rings. The molecule has 1 heterocycles. The van der Waals surface area contributed by atoms with Crippen LogP contribution in [-0.4, -0.2) is 37.8 Å². The van der Waals surface area contributed by atoms with Crippen LogP contribution in [0.1, 0.15) is 37.3 Å². The van der Waals surface area contributed by atoms with Crippen molar-refractivity contribution < 1.29 is 23.8 Å². The highest BCUT2D eigenvalue weighted by atomic mass is 79.9. The van der Waals surface area contributed by atoms with E-state index in [0.717, 1.165) is 21.9 Å². The number of ether oxygens (including phenoxy) is 3. The number of benzene rings is 3. The highest BCUT2D eigenvalue weighted by Crippen LogP contribution is 2.48. The van der Waals surface area contributed by atoms with Crippen molar-refractivity contribution in [2.24, 2.45) is 0 Å². The molecule has 0 aliphatic carbocycles. The zero-order chi connectivity index (χ0) is 23.6. The molecule has 1 N–H and O–H groups in total. The van der Waals surface area contributed by atoms with Gasteiger partial charge in [-0.3, -0.25) is 0 Å². The van der Waals surface area contributed by atoms with Gasteiger partial charge in [0.25, 0.3) is 0 Å². The first-order chi connectivity index (χ1) is 15.9. The number of carbonyl (C=O) groups is 2. The first-order valence-electron chi connectivity index (χ1n) is 10.9. The van der Waals surface area contributed by atoms with Crippen LogP contribution in [0.5, 0.6) is 5.75 Å². The topological polar surface area (TPSA) is 73.9 Å². The Bertz CT molecular complexity index is 1190. The van der Waals surface area contributed by atoms with Gasteiger partial charge in [0, 0.05) is 16.8 Å². The van der Waals surface area contributed by atoms with Crippen LogP contribution in [0.15, 0.2) is 59.1 Å². The van der Waals surface area contributed by atoms with Crippen molar-refractivity contribution in [3.05, 3.63) is 70.2 Å². The molecule has 1 aliphatic rings. The molecule has 172 valence electrons. The number of rotatable bonds is 6. The highest BCUT2D eigenvalue weighted by molar-refractivity contribution is 9.10. The lowest BCUT2D eigenvalue weighted by Gasteiger charge is -2.40. The summed E-state index contributed by atoms with van der Waals surface area (Å²) in [5.41, 5.74) is 0.864. The van der Waals surface area contributed by atoms with E-state index in [9.17, 15) is 9.59 Å². The van der Waals surface area contributed by atoms with E-state index in [4.69, 9.17) is 14.2 Å². The molecule has 0 aromatic heterocycles. The Morgan fingerprint density at radius 3 is 2.30 bits per heavy atom. The molecule has 0 spiro atoms. The zero-order valence-electron chi connectivity index (χ0n) is 18.8. The van der Waals surface area contributed by atoms with Crippen molar-refractivity contribution in [1.29, 1.82) is 0 Å². The number of hydrogen-bond donors (Lipinski definition) is 1. The fourth-order valence-corrected chi connectivity index (χ4v) is 4.94. The van der Waals surface area contributed by atoms with Gasteiger partial charge in [-0.15, -0.1) is 0 Å². The fourth-order valence-electron chi connectivity index (χ4n) is 4.39. The molecule has 1 unspecified atom stereocenters. The number of halogens is 1. The summed E-state index contributed by atoms with van der Waals surface area (Å²) in [6, 6.07) is 18.0. The third-order valence-corrected chi connectivity index (χ3v) is 6.60. The van der Waals surface area contributed by atoms with Gasteiger partial charge in [0.05, 0.1) is 26.0 Å². The van der Waals surface area contributed by atoms with Gasteiger partial charge in [0.2, 0.25) is 5.54 Å². The minimum Gasteiger partial charge on any atom is -0.497 e. The molecular weight excluding hydrogens is 486 g/mol. The number of esters is 2. The van der Waals surface area contributed by atoms with Gasteiger partial charge in [-0.25, -0.2) is 9.59 Å². The van der Waals surface area contributed by atoms with Gasteiger partial charge in [-0.2, -0.15) is 0 Å². The summed E-state index contributed by atoms with van der Waals surface area (Å²) in [5.74, 6) is -0.913. The van der Waals surface area contributed by atoms with E-state index in [-0.39, 0.29) is 25.6 Å². The first-order valence-corrected chi connectivity index (χ1v) is 11.7. The van der Waals surface area contributed by atoms with E-state index < -0.39 is 17.5 Å². The van der Waals surface area contributed by atoms with E-state index in [2.05, 4.69) is 39.4 Å². The van der Waals surface area contributed by atoms with Crippen LogP contribution in [0.4, 0.5) is 5.69 Å². The van der Waals surface area contributed by atoms with Crippen molar-refractivity contribution in [1.82, 2.24) is 0 Å². The van der Waals surface area contributed by atoms with E-state index in [1.807, 2.05) is 30.3 Å². The maximum Gasteiger partial charge on any atom is 0.343 e. The third kappa shape index (κ3) is 4.17. The van der Waals surface area contributed by atoms with Crippen LogP contribution in [0.3, 0.4) is 0 Å². The predicted octanol–water partition coefficient (Wildman–Crippen LogP) is 5.42. The van der Waals surface area contributed by atoms with Crippen molar-refractivity contribution in [2.75, 3.05) is 25.6 Å². The molecule has 0 amide bonds. The van der Waals surface area contributed by atoms with Crippen molar-refractivity contribution >= 4 is 44.3 Å². The third-order valence-electron chi connectivity index (χ3n) is 5.98. The molecule has 1 atom stereocenters. The maximum atomic E-state index is 13.2. The molecule has 3 aromatic carbocycles. The molecular formula is C26H26BrNO5. The molecule has 0 bridgehead atoms. The second-order valence-corrected chi connectivity index (χ2v) is 8.76. The largest absolute Gasteiger partial charge is 0.497 e. The van der Waals surface area contributed by atoms with Gasteiger partial charge in [-0.1, -0.05) is 42.5 Å². The number of anilines is 1. The fraction of sp³-hybridized carbons (Fsp3) is 0.308. The number of nitrogens with one attached hydrogen (secondary N) is 1. The monoisotopic (exact) mass is 511 g/mol. The second-order valence-electron chi connectivity index (χ2n) is 7.91. The van der Waals surface area contributed by atoms with E-state index in [1.165, 1.54) is 0 Å². The summed E-state index contributed by atoms with van der Waals surface area (Å²) in [6.07, 6.45) is 0.148. The average Bonchev–Trinajstić information content (AvgIpc) is 2.83. The summed E-state index contributed by atoms with van der Waals surface area (Å²) >= 11 is 3.59.